The number of benzene rings is 1. The molecule has 20 heavy (non-hydrogen) atoms. The summed E-state index contributed by atoms with van der Waals surface area (Å²) in [6.45, 7) is 3.99. The van der Waals surface area contributed by atoms with Gasteiger partial charge in [0.25, 0.3) is 0 Å². The van der Waals surface area contributed by atoms with E-state index in [-0.39, 0.29) is 18.3 Å². The molecule has 0 unspecified atom stereocenters. The Morgan fingerprint density at radius 3 is 2.85 bits per heavy atom. The molecule has 0 spiro atoms. The van der Waals surface area contributed by atoms with Gasteiger partial charge < -0.3 is 14.4 Å². The van der Waals surface area contributed by atoms with Crippen molar-refractivity contribution >= 4 is 17.6 Å². The van der Waals surface area contributed by atoms with Crippen LogP contribution >= 0.6 is 11.6 Å². The second kappa shape index (κ2) is 5.96. The summed E-state index contributed by atoms with van der Waals surface area (Å²) in [4.78, 5) is 15.3. The van der Waals surface area contributed by atoms with Crippen LogP contribution in [0.15, 0.2) is 30.5 Å². The van der Waals surface area contributed by atoms with Crippen LogP contribution in [0.1, 0.15) is 36.2 Å². The van der Waals surface area contributed by atoms with E-state index in [4.69, 9.17) is 21.4 Å². The van der Waals surface area contributed by atoms with Crippen LogP contribution < -0.4 is 4.74 Å². The molecule has 0 aliphatic heterocycles. The predicted octanol–water partition coefficient (Wildman–Crippen LogP) is 3.39. The molecule has 1 heterocycles. The number of carboxylic acids is 1. The maximum atomic E-state index is 11.1. The van der Waals surface area contributed by atoms with Gasteiger partial charge in [0.05, 0.1) is 6.20 Å². The van der Waals surface area contributed by atoms with Crippen LogP contribution in [0.5, 0.6) is 5.75 Å². The van der Waals surface area contributed by atoms with Crippen molar-refractivity contribution in [3.8, 4) is 5.75 Å². The standard InChI is InChI=1S/C14H15ClN2O3/c1-9(2)17-12(14(18)19)7-16-13(17)8-20-11-5-3-4-10(15)6-11/h3-7,9H,8H2,1-2H3,(H,18,19). The first-order valence-corrected chi connectivity index (χ1v) is 6.54. The Morgan fingerprint density at radius 1 is 1.50 bits per heavy atom. The molecule has 0 saturated heterocycles. The van der Waals surface area contributed by atoms with Gasteiger partial charge in [-0.2, -0.15) is 0 Å². The van der Waals surface area contributed by atoms with Crippen LogP contribution in [-0.2, 0) is 6.61 Å². The van der Waals surface area contributed by atoms with E-state index in [1.807, 2.05) is 13.8 Å². The lowest BCUT2D eigenvalue weighted by atomic mass is 10.3. The number of rotatable bonds is 5. The summed E-state index contributed by atoms with van der Waals surface area (Å²) < 4.78 is 7.24. The van der Waals surface area contributed by atoms with Crippen molar-refractivity contribution in [1.82, 2.24) is 9.55 Å². The van der Waals surface area contributed by atoms with Gasteiger partial charge in [0, 0.05) is 11.1 Å². The average molecular weight is 295 g/mol. The van der Waals surface area contributed by atoms with Gasteiger partial charge in [-0.1, -0.05) is 17.7 Å². The topological polar surface area (TPSA) is 64.4 Å². The Labute approximate surface area is 121 Å². The van der Waals surface area contributed by atoms with Gasteiger partial charge in [-0.05, 0) is 32.0 Å². The Balaban J connectivity index is 2.19. The van der Waals surface area contributed by atoms with Crippen molar-refractivity contribution < 1.29 is 14.6 Å². The first-order chi connectivity index (χ1) is 9.49. The molecule has 1 aromatic carbocycles. The first kappa shape index (κ1) is 14.4. The molecular formula is C14H15ClN2O3. The molecule has 0 amide bonds. The molecular weight excluding hydrogens is 280 g/mol. The monoisotopic (exact) mass is 294 g/mol. The number of imidazole rings is 1. The lowest BCUT2D eigenvalue weighted by Crippen LogP contribution is -2.15. The number of carbonyl (C=O) groups is 1. The van der Waals surface area contributed by atoms with E-state index in [0.717, 1.165) is 0 Å². The number of hydrogen-bond acceptors (Lipinski definition) is 3. The molecule has 1 aromatic heterocycles. The van der Waals surface area contributed by atoms with Crippen molar-refractivity contribution in [2.45, 2.75) is 26.5 Å². The van der Waals surface area contributed by atoms with Gasteiger partial charge in [-0.25, -0.2) is 9.78 Å². The predicted molar refractivity (Wildman–Crippen MR) is 75.4 cm³/mol. The third-order valence-corrected chi connectivity index (χ3v) is 3.01. The van der Waals surface area contributed by atoms with Crippen LogP contribution in [-0.4, -0.2) is 20.6 Å². The minimum atomic E-state index is -1.000. The van der Waals surface area contributed by atoms with Crippen LogP contribution in [0.25, 0.3) is 0 Å². The number of nitrogens with zero attached hydrogens (tertiary/aromatic N) is 2. The molecule has 2 aromatic rings. The summed E-state index contributed by atoms with van der Waals surface area (Å²) in [5, 5.41) is 9.71. The highest BCUT2D eigenvalue weighted by Gasteiger charge is 2.18. The minimum absolute atomic E-state index is 0.0124. The third-order valence-electron chi connectivity index (χ3n) is 2.77. The summed E-state index contributed by atoms with van der Waals surface area (Å²) in [5.74, 6) is 0.185. The van der Waals surface area contributed by atoms with Gasteiger partial charge in [0.15, 0.2) is 0 Å². The molecule has 6 heteroatoms. The van der Waals surface area contributed by atoms with E-state index >= 15 is 0 Å². The Morgan fingerprint density at radius 2 is 2.25 bits per heavy atom. The summed E-state index contributed by atoms with van der Waals surface area (Å²) in [6.07, 6.45) is 1.35. The molecule has 0 radical (unpaired) electrons. The van der Waals surface area contributed by atoms with Crippen LogP contribution in [0, 0.1) is 0 Å². The number of ether oxygens (including phenoxy) is 1. The van der Waals surface area contributed by atoms with Crippen LogP contribution in [0.2, 0.25) is 5.02 Å². The smallest absolute Gasteiger partial charge is 0.354 e. The van der Waals surface area contributed by atoms with Gasteiger partial charge in [-0.15, -0.1) is 0 Å². The maximum absolute atomic E-state index is 11.1. The zero-order valence-electron chi connectivity index (χ0n) is 11.2. The van der Waals surface area contributed by atoms with Crippen molar-refractivity contribution in [1.29, 1.82) is 0 Å². The zero-order valence-corrected chi connectivity index (χ0v) is 12.0. The number of aromatic carboxylic acids is 1. The fourth-order valence-corrected chi connectivity index (χ4v) is 2.13. The second-order valence-corrected chi connectivity index (χ2v) is 5.01. The van der Waals surface area contributed by atoms with Crippen molar-refractivity contribution in [3.05, 3.63) is 47.0 Å². The maximum Gasteiger partial charge on any atom is 0.354 e. The molecule has 0 fully saturated rings. The molecule has 0 saturated carbocycles. The summed E-state index contributed by atoms with van der Waals surface area (Å²) in [5.41, 5.74) is 0.157. The minimum Gasteiger partial charge on any atom is -0.486 e. The second-order valence-electron chi connectivity index (χ2n) is 4.57. The van der Waals surface area contributed by atoms with Gasteiger partial charge >= 0.3 is 5.97 Å². The van der Waals surface area contributed by atoms with Gasteiger partial charge in [0.2, 0.25) is 0 Å². The quantitative estimate of drug-likeness (QED) is 0.918. The zero-order chi connectivity index (χ0) is 14.7. The van der Waals surface area contributed by atoms with E-state index in [0.29, 0.717) is 16.6 Å². The van der Waals surface area contributed by atoms with E-state index in [2.05, 4.69) is 4.98 Å². The van der Waals surface area contributed by atoms with Crippen LogP contribution in [0.3, 0.4) is 0 Å². The van der Waals surface area contributed by atoms with Crippen LogP contribution in [0.4, 0.5) is 0 Å². The fourth-order valence-electron chi connectivity index (χ4n) is 1.95. The number of halogens is 1. The van der Waals surface area contributed by atoms with E-state index < -0.39 is 5.97 Å². The summed E-state index contributed by atoms with van der Waals surface area (Å²) >= 11 is 5.88. The third kappa shape index (κ3) is 3.11. The Hall–Kier alpha value is -2.01. The molecule has 1 N–H and O–H groups in total. The highest BCUT2D eigenvalue weighted by molar-refractivity contribution is 6.30. The van der Waals surface area contributed by atoms with E-state index in [9.17, 15) is 4.79 Å². The molecule has 0 aliphatic rings. The largest absolute Gasteiger partial charge is 0.486 e. The highest BCUT2D eigenvalue weighted by atomic mass is 35.5. The lowest BCUT2D eigenvalue weighted by Gasteiger charge is -2.14. The normalized spacial score (nSPS) is 10.8. The molecule has 5 nitrogen and oxygen atoms in total. The first-order valence-electron chi connectivity index (χ1n) is 6.17. The van der Waals surface area contributed by atoms with Crippen molar-refractivity contribution in [3.63, 3.8) is 0 Å². The van der Waals surface area contributed by atoms with Gasteiger partial charge in [0.1, 0.15) is 23.9 Å². The molecule has 106 valence electrons. The highest BCUT2D eigenvalue weighted by Crippen LogP contribution is 2.20. The average Bonchev–Trinajstić information content (AvgIpc) is 2.80. The van der Waals surface area contributed by atoms with E-state index in [1.54, 1.807) is 28.8 Å². The van der Waals surface area contributed by atoms with Crippen molar-refractivity contribution in [2.24, 2.45) is 0 Å². The number of carboxylic acid groups (broad SMARTS) is 1. The SMILES string of the molecule is CC(C)n1c(C(=O)O)cnc1COc1cccc(Cl)c1. The Kier molecular flexibility index (Phi) is 4.29. The molecule has 0 atom stereocenters. The van der Waals surface area contributed by atoms with E-state index in [1.165, 1.54) is 6.20 Å². The lowest BCUT2D eigenvalue weighted by molar-refractivity contribution is 0.0682. The summed E-state index contributed by atoms with van der Waals surface area (Å²) in [7, 11) is 0. The fraction of sp³-hybridized carbons (Fsp3) is 0.286. The molecule has 0 aliphatic carbocycles. The number of hydrogen-bond donors (Lipinski definition) is 1. The molecule has 0 bridgehead atoms. The number of aromatic nitrogens is 2. The summed E-state index contributed by atoms with van der Waals surface area (Å²) in [6, 6.07) is 7.01. The molecule has 2 rings (SSSR count). The van der Waals surface area contributed by atoms with Crippen molar-refractivity contribution in [2.75, 3.05) is 0 Å². The Bertz CT molecular complexity index is 623. The van der Waals surface area contributed by atoms with Gasteiger partial charge in [-0.3, -0.25) is 0 Å².